The zero-order chi connectivity index (χ0) is 20.6. The average molecular weight is 407 g/mol. The molecule has 0 aliphatic heterocycles. The highest BCUT2D eigenvalue weighted by atomic mass is 32.2. The molecule has 7 nitrogen and oxygen atoms in total. The van der Waals surface area contributed by atoms with Crippen LogP contribution in [0, 0.1) is 5.82 Å². The van der Waals surface area contributed by atoms with Gasteiger partial charge < -0.3 is 10.2 Å². The van der Waals surface area contributed by atoms with Gasteiger partial charge in [-0.1, -0.05) is 37.2 Å². The Kier molecular flexibility index (Phi) is 7.65. The second-order valence-electron chi connectivity index (χ2n) is 5.69. The molecule has 0 fully saturated rings. The summed E-state index contributed by atoms with van der Waals surface area (Å²) in [7, 11) is -3.55. The predicted octanol–water partition coefficient (Wildman–Crippen LogP) is 2.85. The summed E-state index contributed by atoms with van der Waals surface area (Å²) in [5.74, 6) is -0.927. The van der Waals surface area contributed by atoms with Gasteiger partial charge in [0.2, 0.25) is 10.0 Å². The lowest BCUT2D eigenvalue weighted by molar-refractivity contribution is -0.120. The number of carbonyl (C=O) groups excluding carboxylic acids is 1. The number of nitrogens with zero attached hydrogens (tertiary/aromatic N) is 2. The lowest BCUT2D eigenvalue weighted by Crippen LogP contribution is -2.30. The van der Waals surface area contributed by atoms with E-state index in [1.807, 2.05) is 0 Å². The summed E-state index contributed by atoms with van der Waals surface area (Å²) in [6, 6.07) is 11.9. The molecule has 0 atom stereocenters. The summed E-state index contributed by atoms with van der Waals surface area (Å²) >= 11 is 0. The van der Waals surface area contributed by atoms with E-state index in [0.29, 0.717) is 18.8 Å². The highest BCUT2D eigenvalue weighted by molar-refractivity contribution is 7.89. The van der Waals surface area contributed by atoms with Gasteiger partial charge in [0.15, 0.2) is 6.61 Å². The van der Waals surface area contributed by atoms with E-state index in [9.17, 15) is 17.6 Å². The van der Waals surface area contributed by atoms with Crippen LogP contribution in [0.3, 0.4) is 0 Å². The van der Waals surface area contributed by atoms with E-state index >= 15 is 0 Å². The van der Waals surface area contributed by atoms with Crippen molar-refractivity contribution in [2.75, 3.05) is 25.0 Å². The Morgan fingerprint density at radius 2 is 1.79 bits per heavy atom. The van der Waals surface area contributed by atoms with Crippen molar-refractivity contribution in [3.63, 3.8) is 0 Å². The highest BCUT2D eigenvalue weighted by Gasteiger charge is 2.21. The molecular formula is C19H22FN3O4S. The number of hydrogen-bond donors (Lipinski definition) is 1. The largest absolute Gasteiger partial charge is 0.386 e. The fraction of sp³-hybridized carbons (Fsp3) is 0.263. The van der Waals surface area contributed by atoms with Gasteiger partial charge in [-0.25, -0.2) is 12.8 Å². The number of carbonyl (C=O) groups is 1. The first-order valence-electron chi connectivity index (χ1n) is 8.68. The number of amides is 1. The topological polar surface area (TPSA) is 88.1 Å². The number of benzene rings is 2. The van der Waals surface area contributed by atoms with Crippen LogP contribution in [0.1, 0.15) is 19.4 Å². The number of rotatable bonds is 9. The minimum atomic E-state index is -3.55. The molecule has 2 rings (SSSR count). The van der Waals surface area contributed by atoms with Crippen LogP contribution in [0.2, 0.25) is 0 Å². The second-order valence-corrected chi connectivity index (χ2v) is 7.63. The van der Waals surface area contributed by atoms with Crippen molar-refractivity contribution < 1.29 is 22.4 Å². The maximum Gasteiger partial charge on any atom is 0.265 e. The van der Waals surface area contributed by atoms with Crippen molar-refractivity contribution in [2.24, 2.45) is 5.16 Å². The van der Waals surface area contributed by atoms with Crippen molar-refractivity contribution in [2.45, 2.75) is 18.7 Å². The Labute approximate surface area is 163 Å². The summed E-state index contributed by atoms with van der Waals surface area (Å²) in [4.78, 5) is 16.9. The van der Waals surface area contributed by atoms with Crippen molar-refractivity contribution in [1.29, 1.82) is 0 Å². The van der Waals surface area contributed by atoms with Gasteiger partial charge in [0.05, 0.1) is 11.1 Å². The summed E-state index contributed by atoms with van der Waals surface area (Å²) in [5, 5.41) is 6.13. The number of sulfonamides is 1. The third-order valence-corrected chi connectivity index (χ3v) is 5.91. The average Bonchev–Trinajstić information content (AvgIpc) is 2.67. The fourth-order valence-corrected chi connectivity index (χ4v) is 3.85. The number of oxime groups is 1. The highest BCUT2D eigenvalue weighted by Crippen LogP contribution is 2.18. The first-order chi connectivity index (χ1) is 13.4. The molecule has 0 heterocycles. The van der Waals surface area contributed by atoms with E-state index < -0.39 is 21.7 Å². The van der Waals surface area contributed by atoms with Crippen LogP contribution in [0.5, 0.6) is 0 Å². The first-order valence-corrected chi connectivity index (χ1v) is 10.1. The Bertz CT molecular complexity index is 926. The number of anilines is 1. The maximum atomic E-state index is 13.4. The van der Waals surface area contributed by atoms with Gasteiger partial charge >= 0.3 is 0 Å². The van der Waals surface area contributed by atoms with Gasteiger partial charge in [-0.15, -0.1) is 0 Å². The molecule has 0 aliphatic rings. The molecule has 1 amide bonds. The molecule has 150 valence electrons. The van der Waals surface area contributed by atoms with Gasteiger partial charge in [0.25, 0.3) is 5.91 Å². The molecule has 0 radical (unpaired) electrons. The zero-order valence-electron chi connectivity index (χ0n) is 15.6. The second kappa shape index (κ2) is 9.95. The molecule has 2 aromatic rings. The monoisotopic (exact) mass is 407 g/mol. The van der Waals surface area contributed by atoms with Crippen molar-refractivity contribution in [1.82, 2.24) is 4.31 Å². The molecule has 0 saturated heterocycles. The van der Waals surface area contributed by atoms with E-state index in [0.717, 1.165) is 0 Å². The van der Waals surface area contributed by atoms with E-state index in [-0.39, 0.29) is 17.1 Å². The summed E-state index contributed by atoms with van der Waals surface area (Å²) in [5.41, 5.74) is 0.665. The van der Waals surface area contributed by atoms with Crippen molar-refractivity contribution in [3.05, 3.63) is 59.9 Å². The zero-order valence-corrected chi connectivity index (χ0v) is 16.4. The van der Waals surface area contributed by atoms with E-state index in [1.54, 1.807) is 26.0 Å². The summed E-state index contributed by atoms with van der Waals surface area (Å²) in [6.45, 7) is 3.92. The predicted molar refractivity (Wildman–Crippen MR) is 105 cm³/mol. The number of nitrogens with one attached hydrogen (secondary N) is 1. The molecule has 0 bridgehead atoms. The molecule has 0 aliphatic carbocycles. The smallest absolute Gasteiger partial charge is 0.265 e. The van der Waals surface area contributed by atoms with Gasteiger partial charge in [-0.05, 0) is 30.3 Å². The van der Waals surface area contributed by atoms with E-state index in [2.05, 4.69) is 10.5 Å². The molecular weight excluding hydrogens is 385 g/mol. The van der Waals surface area contributed by atoms with Crippen LogP contribution < -0.4 is 5.32 Å². The molecule has 1 N–H and O–H groups in total. The Balaban J connectivity index is 1.90. The Hall–Kier alpha value is -2.78. The normalized spacial score (nSPS) is 11.7. The summed E-state index contributed by atoms with van der Waals surface area (Å²) < 4.78 is 39.6. The molecule has 9 heteroatoms. The number of hydrogen-bond acceptors (Lipinski definition) is 5. The molecule has 0 saturated carbocycles. The molecule has 28 heavy (non-hydrogen) atoms. The first kappa shape index (κ1) is 21.5. The SMILES string of the molecule is CCN(CC)S(=O)(=O)c1ccc(NC(=O)CO/N=C\c2ccccc2F)cc1. The third kappa shape index (κ3) is 5.61. The van der Waals surface area contributed by atoms with Crippen LogP contribution in [-0.2, 0) is 19.7 Å². The molecule has 2 aromatic carbocycles. The lowest BCUT2D eigenvalue weighted by Gasteiger charge is -2.18. The quantitative estimate of drug-likeness (QED) is 0.511. The standard InChI is InChI=1S/C19H22FN3O4S/c1-3-23(4-2)28(25,26)17-11-9-16(10-12-17)22-19(24)14-27-21-13-15-7-5-6-8-18(15)20/h5-13H,3-4,14H2,1-2H3,(H,22,24)/b21-13-. The van der Waals surface area contributed by atoms with Crippen LogP contribution >= 0.6 is 0 Å². The minimum Gasteiger partial charge on any atom is -0.386 e. The van der Waals surface area contributed by atoms with Crippen LogP contribution in [-0.4, -0.2) is 44.5 Å². The van der Waals surface area contributed by atoms with Crippen molar-refractivity contribution in [3.8, 4) is 0 Å². The van der Waals surface area contributed by atoms with Gasteiger partial charge in [0.1, 0.15) is 5.82 Å². The van der Waals surface area contributed by atoms with Crippen LogP contribution in [0.25, 0.3) is 0 Å². The lowest BCUT2D eigenvalue weighted by atomic mass is 10.2. The van der Waals surface area contributed by atoms with Gasteiger partial charge in [-0.2, -0.15) is 4.31 Å². The summed E-state index contributed by atoms with van der Waals surface area (Å²) in [6.07, 6.45) is 1.18. The van der Waals surface area contributed by atoms with Gasteiger partial charge in [-0.3, -0.25) is 4.79 Å². The van der Waals surface area contributed by atoms with E-state index in [4.69, 9.17) is 4.84 Å². The maximum absolute atomic E-state index is 13.4. The third-order valence-electron chi connectivity index (χ3n) is 3.85. The molecule has 0 spiro atoms. The van der Waals surface area contributed by atoms with Crippen molar-refractivity contribution >= 4 is 27.8 Å². The minimum absolute atomic E-state index is 0.153. The van der Waals surface area contributed by atoms with Crippen LogP contribution in [0.15, 0.2) is 58.6 Å². The van der Waals surface area contributed by atoms with Crippen LogP contribution in [0.4, 0.5) is 10.1 Å². The fourth-order valence-electron chi connectivity index (χ4n) is 2.39. The Morgan fingerprint density at radius 1 is 1.14 bits per heavy atom. The number of halogens is 1. The Morgan fingerprint density at radius 3 is 2.39 bits per heavy atom. The molecule has 0 unspecified atom stereocenters. The molecule has 0 aromatic heterocycles. The van der Waals surface area contributed by atoms with E-state index in [1.165, 1.54) is 46.9 Å². The van der Waals surface area contributed by atoms with Gasteiger partial charge in [0, 0.05) is 24.3 Å².